The minimum atomic E-state index is 0.777. The van der Waals surface area contributed by atoms with Crippen LogP contribution in [0.2, 0.25) is 0 Å². The Morgan fingerprint density at radius 3 is 3.07 bits per heavy atom. The first kappa shape index (κ1) is 8.48. The highest BCUT2D eigenvalue weighted by Gasteiger charge is 2.28. The van der Waals surface area contributed by atoms with E-state index in [4.69, 9.17) is 0 Å². The van der Waals surface area contributed by atoms with Crippen molar-refractivity contribution < 1.29 is 0 Å². The van der Waals surface area contributed by atoms with Gasteiger partial charge in [-0.3, -0.25) is 0 Å². The van der Waals surface area contributed by atoms with Crippen LogP contribution < -0.4 is 5.32 Å². The van der Waals surface area contributed by atoms with Crippen LogP contribution in [0.4, 0.5) is 0 Å². The third-order valence-electron chi connectivity index (χ3n) is 3.31. The van der Waals surface area contributed by atoms with Gasteiger partial charge < -0.3 is 9.88 Å². The number of rotatable bonds is 3. The Labute approximate surface area is 84.5 Å². The molecule has 1 aliphatic carbocycles. The molecule has 0 radical (unpaired) electrons. The van der Waals surface area contributed by atoms with Gasteiger partial charge in [0, 0.05) is 24.9 Å². The lowest BCUT2D eigenvalue weighted by Crippen LogP contribution is -2.15. The first-order valence-electron chi connectivity index (χ1n) is 5.65. The summed E-state index contributed by atoms with van der Waals surface area (Å²) in [6.45, 7) is 3.54. The summed E-state index contributed by atoms with van der Waals surface area (Å²) < 4.78 is 2.37. The maximum Gasteiger partial charge on any atom is 0.111 e. The molecule has 1 saturated carbocycles. The summed E-state index contributed by atoms with van der Waals surface area (Å²) in [6.07, 6.45) is 8.12. The average Bonchev–Trinajstić information content (AvgIpc) is 2.74. The first-order chi connectivity index (χ1) is 6.93. The molecule has 1 atom stereocenters. The lowest BCUT2D eigenvalue weighted by Gasteiger charge is -2.11. The molecule has 1 saturated heterocycles. The molecule has 76 valence electrons. The number of nitrogens with one attached hydrogen (secondary N) is 1. The lowest BCUT2D eigenvalue weighted by molar-refractivity contribution is 0.469. The molecule has 2 fully saturated rings. The van der Waals surface area contributed by atoms with Gasteiger partial charge in [0.15, 0.2) is 0 Å². The average molecular weight is 191 g/mol. The van der Waals surface area contributed by atoms with Crippen molar-refractivity contribution >= 4 is 0 Å². The number of nitrogens with zero attached hydrogens (tertiary/aromatic N) is 2. The summed E-state index contributed by atoms with van der Waals surface area (Å²) in [5.41, 5.74) is 0. The predicted octanol–water partition coefficient (Wildman–Crippen LogP) is 1.37. The van der Waals surface area contributed by atoms with E-state index in [1.165, 1.54) is 44.7 Å². The summed E-state index contributed by atoms with van der Waals surface area (Å²) >= 11 is 0. The van der Waals surface area contributed by atoms with Crippen molar-refractivity contribution in [2.24, 2.45) is 5.92 Å². The van der Waals surface area contributed by atoms with Gasteiger partial charge in [-0.25, -0.2) is 4.98 Å². The molecule has 3 heteroatoms. The minimum absolute atomic E-state index is 0.777. The van der Waals surface area contributed by atoms with Gasteiger partial charge in [-0.15, -0.1) is 0 Å². The highest BCUT2D eigenvalue weighted by Crippen LogP contribution is 2.39. The molecule has 3 rings (SSSR count). The Kier molecular flexibility index (Phi) is 2.05. The fourth-order valence-electron chi connectivity index (χ4n) is 2.32. The molecule has 2 heterocycles. The molecule has 1 aromatic heterocycles. The highest BCUT2D eigenvalue weighted by atomic mass is 15.1. The van der Waals surface area contributed by atoms with E-state index in [1.54, 1.807) is 0 Å². The number of hydrogen-bond acceptors (Lipinski definition) is 2. The van der Waals surface area contributed by atoms with Crippen molar-refractivity contribution in [3.8, 4) is 0 Å². The minimum Gasteiger partial charge on any atom is -0.334 e. The highest BCUT2D eigenvalue weighted by molar-refractivity contribution is 5.07. The van der Waals surface area contributed by atoms with Gasteiger partial charge in [0.2, 0.25) is 0 Å². The fraction of sp³-hybridized carbons (Fsp3) is 0.727. The molecule has 2 aliphatic rings. The second-order valence-corrected chi connectivity index (χ2v) is 4.57. The zero-order chi connectivity index (χ0) is 9.38. The fourth-order valence-corrected chi connectivity index (χ4v) is 2.32. The van der Waals surface area contributed by atoms with Crippen LogP contribution in [0, 0.1) is 5.92 Å². The normalized spacial score (nSPS) is 27.0. The largest absolute Gasteiger partial charge is 0.334 e. The predicted molar refractivity (Wildman–Crippen MR) is 55.2 cm³/mol. The molecule has 0 aromatic carbocycles. The van der Waals surface area contributed by atoms with Crippen LogP contribution in [-0.2, 0) is 6.54 Å². The molecule has 3 nitrogen and oxygen atoms in total. The van der Waals surface area contributed by atoms with Gasteiger partial charge in [0.25, 0.3) is 0 Å². The Balaban J connectivity index is 1.71. The molecule has 14 heavy (non-hydrogen) atoms. The smallest absolute Gasteiger partial charge is 0.111 e. The number of imidazole rings is 1. The van der Waals surface area contributed by atoms with Crippen molar-refractivity contribution in [1.29, 1.82) is 0 Å². The second-order valence-electron chi connectivity index (χ2n) is 4.57. The van der Waals surface area contributed by atoms with E-state index in [1.807, 2.05) is 6.20 Å². The van der Waals surface area contributed by atoms with Gasteiger partial charge in [0.1, 0.15) is 5.82 Å². The van der Waals surface area contributed by atoms with Crippen molar-refractivity contribution in [2.75, 3.05) is 13.1 Å². The third-order valence-corrected chi connectivity index (χ3v) is 3.31. The van der Waals surface area contributed by atoms with E-state index in [0.29, 0.717) is 0 Å². The molecule has 0 amide bonds. The molecular formula is C11H17N3. The van der Waals surface area contributed by atoms with Crippen molar-refractivity contribution in [1.82, 2.24) is 14.9 Å². The Morgan fingerprint density at radius 2 is 2.36 bits per heavy atom. The zero-order valence-electron chi connectivity index (χ0n) is 8.45. The van der Waals surface area contributed by atoms with Crippen molar-refractivity contribution in [3.05, 3.63) is 18.2 Å². The Hall–Kier alpha value is -0.830. The monoisotopic (exact) mass is 191 g/mol. The van der Waals surface area contributed by atoms with Crippen molar-refractivity contribution in [2.45, 2.75) is 31.7 Å². The molecule has 0 spiro atoms. The summed E-state index contributed by atoms with van der Waals surface area (Å²) in [7, 11) is 0. The van der Waals surface area contributed by atoms with E-state index in [-0.39, 0.29) is 0 Å². The second kappa shape index (κ2) is 3.39. The van der Waals surface area contributed by atoms with Crippen molar-refractivity contribution in [3.63, 3.8) is 0 Å². The number of aromatic nitrogens is 2. The quantitative estimate of drug-likeness (QED) is 0.782. The van der Waals surface area contributed by atoms with Crippen LogP contribution in [0.15, 0.2) is 12.4 Å². The van der Waals surface area contributed by atoms with Gasteiger partial charge in [-0.1, -0.05) is 0 Å². The van der Waals surface area contributed by atoms with Gasteiger partial charge in [-0.2, -0.15) is 0 Å². The number of hydrogen-bond donors (Lipinski definition) is 1. The van der Waals surface area contributed by atoms with Crippen LogP contribution >= 0.6 is 0 Å². The van der Waals surface area contributed by atoms with Gasteiger partial charge in [-0.05, 0) is 38.3 Å². The van der Waals surface area contributed by atoms with Crippen LogP contribution in [0.5, 0.6) is 0 Å². The molecule has 1 unspecified atom stereocenters. The van der Waals surface area contributed by atoms with Crippen LogP contribution in [0.1, 0.15) is 31.0 Å². The molecule has 0 bridgehead atoms. The van der Waals surface area contributed by atoms with E-state index >= 15 is 0 Å². The first-order valence-corrected chi connectivity index (χ1v) is 5.65. The maximum absolute atomic E-state index is 4.46. The van der Waals surface area contributed by atoms with Gasteiger partial charge in [0.05, 0.1) is 0 Å². The van der Waals surface area contributed by atoms with Crippen LogP contribution in [-0.4, -0.2) is 22.6 Å². The van der Waals surface area contributed by atoms with Crippen LogP contribution in [0.3, 0.4) is 0 Å². The standard InChI is InChI=1S/C11H17N3/c1-2-10(1)11-13-5-6-14(11)8-9-3-4-12-7-9/h5-6,9-10,12H,1-4,7-8H2. The molecule has 1 aliphatic heterocycles. The maximum atomic E-state index is 4.46. The van der Waals surface area contributed by atoms with E-state index in [2.05, 4.69) is 21.1 Å². The van der Waals surface area contributed by atoms with E-state index in [9.17, 15) is 0 Å². The molecular weight excluding hydrogens is 174 g/mol. The molecule has 1 N–H and O–H groups in total. The Morgan fingerprint density at radius 1 is 1.43 bits per heavy atom. The summed E-state index contributed by atoms with van der Waals surface area (Å²) in [6, 6.07) is 0. The SMILES string of the molecule is c1cn(CC2CCNC2)c(C2CC2)n1. The van der Waals surface area contributed by atoms with E-state index in [0.717, 1.165) is 11.8 Å². The summed E-state index contributed by atoms with van der Waals surface area (Å²) in [5, 5.41) is 3.42. The van der Waals surface area contributed by atoms with Crippen LogP contribution in [0.25, 0.3) is 0 Å². The third kappa shape index (κ3) is 1.57. The topological polar surface area (TPSA) is 29.9 Å². The van der Waals surface area contributed by atoms with Gasteiger partial charge >= 0.3 is 0 Å². The van der Waals surface area contributed by atoms with E-state index < -0.39 is 0 Å². The molecule has 1 aromatic rings. The Bertz CT molecular complexity index is 308. The summed E-state index contributed by atoms with van der Waals surface area (Å²) in [5.74, 6) is 2.93. The lowest BCUT2D eigenvalue weighted by atomic mass is 10.1. The zero-order valence-corrected chi connectivity index (χ0v) is 8.45. The summed E-state index contributed by atoms with van der Waals surface area (Å²) in [4.78, 5) is 4.46.